The molecule has 2 unspecified atom stereocenters. The van der Waals surface area contributed by atoms with Crippen LogP contribution >= 0.6 is 0 Å². The largest absolute Gasteiger partial charge is 0.375 e. The zero-order valence-electron chi connectivity index (χ0n) is 14.8. The number of rotatable bonds is 8. The maximum atomic E-state index is 12.4. The van der Waals surface area contributed by atoms with Gasteiger partial charge in [0.25, 0.3) is 0 Å². The smallest absolute Gasteiger partial charge is 0.246 e. The molecule has 5 heteroatoms. The quantitative estimate of drug-likeness (QED) is 0.718. The van der Waals surface area contributed by atoms with E-state index in [0.29, 0.717) is 5.92 Å². The molecule has 3 atom stereocenters. The van der Waals surface area contributed by atoms with E-state index in [9.17, 15) is 9.59 Å². The molecule has 0 saturated heterocycles. The highest BCUT2D eigenvalue weighted by Gasteiger charge is 2.42. The van der Waals surface area contributed by atoms with Crippen molar-refractivity contribution in [1.29, 1.82) is 0 Å². The van der Waals surface area contributed by atoms with Crippen molar-refractivity contribution in [3.8, 4) is 0 Å². The van der Waals surface area contributed by atoms with Crippen LogP contribution < -0.4 is 10.6 Å². The van der Waals surface area contributed by atoms with Crippen molar-refractivity contribution in [1.82, 2.24) is 10.6 Å². The van der Waals surface area contributed by atoms with Crippen molar-refractivity contribution in [2.24, 2.45) is 23.7 Å². The molecule has 23 heavy (non-hydrogen) atoms. The molecule has 5 nitrogen and oxygen atoms in total. The second-order valence-corrected chi connectivity index (χ2v) is 7.53. The average Bonchev–Trinajstić information content (AvgIpc) is 3.31. The van der Waals surface area contributed by atoms with Crippen LogP contribution in [0.4, 0.5) is 0 Å². The van der Waals surface area contributed by atoms with E-state index in [1.165, 1.54) is 45.6 Å². The molecule has 2 fully saturated rings. The molecule has 2 amide bonds. The van der Waals surface area contributed by atoms with Gasteiger partial charge < -0.3 is 15.4 Å². The van der Waals surface area contributed by atoms with Gasteiger partial charge >= 0.3 is 0 Å². The van der Waals surface area contributed by atoms with E-state index >= 15 is 0 Å². The second-order valence-electron chi connectivity index (χ2n) is 7.53. The van der Waals surface area contributed by atoms with Gasteiger partial charge in [-0.1, -0.05) is 46.0 Å². The minimum atomic E-state index is -0.482. The average molecular weight is 324 g/mol. The number of ether oxygens (including phenoxy) is 1. The summed E-state index contributed by atoms with van der Waals surface area (Å²) in [5, 5.41) is 5.81. The molecular weight excluding hydrogens is 292 g/mol. The Morgan fingerprint density at radius 3 is 2.48 bits per heavy atom. The van der Waals surface area contributed by atoms with Gasteiger partial charge in [0.15, 0.2) is 0 Å². The SMILES string of the molecule is COCC(=O)N[C@H](C(=O)NCC1CC1C1CCCCC1)C(C)C. The third-order valence-corrected chi connectivity index (χ3v) is 5.31. The van der Waals surface area contributed by atoms with Gasteiger partial charge in [0.2, 0.25) is 11.8 Å². The summed E-state index contributed by atoms with van der Waals surface area (Å²) in [4.78, 5) is 24.0. The Hall–Kier alpha value is -1.10. The highest BCUT2D eigenvalue weighted by Crippen LogP contribution is 2.48. The lowest BCUT2D eigenvalue weighted by Gasteiger charge is -2.23. The summed E-state index contributed by atoms with van der Waals surface area (Å²) >= 11 is 0. The van der Waals surface area contributed by atoms with Gasteiger partial charge in [-0.3, -0.25) is 9.59 Å². The monoisotopic (exact) mass is 324 g/mol. The minimum absolute atomic E-state index is 0.0110. The lowest BCUT2D eigenvalue weighted by molar-refractivity contribution is -0.132. The van der Waals surface area contributed by atoms with Crippen molar-refractivity contribution in [2.45, 2.75) is 58.4 Å². The molecular formula is C18H32N2O3. The predicted molar refractivity (Wildman–Crippen MR) is 89.8 cm³/mol. The first-order chi connectivity index (χ1) is 11.0. The lowest BCUT2D eigenvalue weighted by Crippen LogP contribution is -2.51. The fraction of sp³-hybridized carbons (Fsp3) is 0.889. The fourth-order valence-electron chi connectivity index (χ4n) is 3.87. The predicted octanol–water partition coefficient (Wildman–Crippen LogP) is 2.11. The van der Waals surface area contributed by atoms with Crippen molar-refractivity contribution >= 4 is 11.8 Å². The van der Waals surface area contributed by atoms with E-state index in [4.69, 9.17) is 4.74 Å². The first-order valence-corrected chi connectivity index (χ1v) is 9.09. The van der Waals surface area contributed by atoms with Gasteiger partial charge in [-0.2, -0.15) is 0 Å². The van der Waals surface area contributed by atoms with E-state index in [1.54, 1.807) is 0 Å². The van der Waals surface area contributed by atoms with E-state index in [-0.39, 0.29) is 24.3 Å². The Kier molecular flexibility index (Phi) is 6.88. The highest BCUT2D eigenvalue weighted by molar-refractivity contribution is 5.88. The van der Waals surface area contributed by atoms with Crippen LogP contribution in [0.15, 0.2) is 0 Å². The van der Waals surface area contributed by atoms with E-state index in [1.807, 2.05) is 13.8 Å². The molecule has 0 aromatic carbocycles. The summed E-state index contributed by atoms with van der Waals surface area (Å²) in [7, 11) is 1.47. The van der Waals surface area contributed by atoms with Crippen molar-refractivity contribution in [3.63, 3.8) is 0 Å². The molecule has 0 heterocycles. The van der Waals surface area contributed by atoms with Crippen LogP contribution in [0.2, 0.25) is 0 Å². The Bertz CT molecular complexity index is 405. The third kappa shape index (κ3) is 5.48. The maximum Gasteiger partial charge on any atom is 0.246 e. The van der Waals surface area contributed by atoms with Gasteiger partial charge in [-0.15, -0.1) is 0 Å². The molecule has 0 bridgehead atoms. The van der Waals surface area contributed by atoms with Crippen LogP contribution in [-0.4, -0.2) is 38.1 Å². The van der Waals surface area contributed by atoms with Gasteiger partial charge in [-0.25, -0.2) is 0 Å². The minimum Gasteiger partial charge on any atom is -0.375 e. The van der Waals surface area contributed by atoms with E-state index in [0.717, 1.165) is 18.4 Å². The number of carbonyl (C=O) groups excluding carboxylic acids is 2. The Balaban J connectivity index is 1.73. The first-order valence-electron chi connectivity index (χ1n) is 9.09. The molecule has 2 N–H and O–H groups in total. The van der Waals surface area contributed by atoms with Crippen LogP contribution in [0, 0.1) is 23.7 Å². The number of hydrogen-bond donors (Lipinski definition) is 2. The van der Waals surface area contributed by atoms with Gasteiger partial charge in [0.1, 0.15) is 12.6 Å². The Labute approximate surface area is 139 Å². The molecule has 2 rings (SSSR count). The Morgan fingerprint density at radius 2 is 1.87 bits per heavy atom. The Morgan fingerprint density at radius 1 is 1.17 bits per heavy atom. The number of hydrogen-bond acceptors (Lipinski definition) is 3. The number of nitrogens with one attached hydrogen (secondary N) is 2. The highest BCUT2D eigenvalue weighted by atomic mass is 16.5. The zero-order chi connectivity index (χ0) is 16.8. The normalized spacial score (nSPS) is 25.9. The van der Waals surface area contributed by atoms with Crippen molar-refractivity contribution in [2.75, 3.05) is 20.3 Å². The molecule has 0 aromatic rings. The lowest BCUT2D eigenvalue weighted by atomic mass is 9.85. The van der Waals surface area contributed by atoms with Crippen LogP contribution in [0.25, 0.3) is 0 Å². The summed E-state index contributed by atoms with van der Waals surface area (Å²) in [6.07, 6.45) is 8.14. The van der Waals surface area contributed by atoms with Crippen molar-refractivity contribution in [3.05, 3.63) is 0 Å². The summed E-state index contributed by atoms with van der Waals surface area (Å²) in [6, 6.07) is -0.482. The number of carbonyl (C=O) groups is 2. The topological polar surface area (TPSA) is 67.4 Å². The molecule has 0 aliphatic heterocycles. The zero-order valence-corrected chi connectivity index (χ0v) is 14.8. The third-order valence-electron chi connectivity index (χ3n) is 5.31. The van der Waals surface area contributed by atoms with Gasteiger partial charge in [-0.05, 0) is 30.1 Å². The van der Waals surface area contributed by atoms with Gasteiger partial charge in [0, 0.05) is 13.7 Å². The fourth-order valence-corrected chi connectivity index (χ4v) is 3.87. The second kappa shape index (κ2) is 8.67. The summed E-state index contributed by atoms with van der Waals surface area (Å²) in [5.41, 5.74) is 0. The standard InChI is InChI=1S/C18H32N2O3/c1-12(2)17(20-16(21)11-23-3)18(22)19-10-14-9-15(14)13-7-5-4-6-8-13/h12-15,17H,4-11H2,1-3H3,(H,19,22)(H,20,21)/t14?,15?,17-/m0/s1. The van der Waals surface area contributed by atoms with E-state index in [2.05, 4.69) is 10.6 Å². The first kappa shape index (κ1) is 18.2. The number of methoxy groups -OCH3 is 1. The molecule has 0 aromatic heterocycles. The van der Waals surface area contributed by atoms with Crippen LogP contribution in [-0.2, 0) is 14.3 Å². The molecule has 2 saturated carbocycles. The molecule has 0 radical (unpaired) electrons. The molecule has 2 aliphatic rings. The van der Waals surface area contributed by atoms with Crippen LogP contribution in [0.5, 0.6) is 0 Å². The summed E-state index contributed by atoms with van der Waals surface area (Å²) in [6.45, 7) is 4.63. The summed E-state index contributed by atoms with van der Waals surface area (Å²) < 4.78 is 4.81. The van der Waals surface area contributed by atoms with Crippen molar-refractivity contribution < 1.29 is 14.3 Å². The molecule has 132 valence electrons. The van der Waals surface area contributed by atoms with Crippen LogP contribution in [0.3, 0.4) is 0 Å². The maximum absolute atomic E-state index is 12.4. The van der Waals surface area contributed by atoms with E-state index < -0.39 is 6.04 Å². The number of amides is 2. The molecule has 0 spiro atoms. The van der Waals surface area contributed by atoms with Gasteiger partial charge in [0.05, 0.1) is 0 Å². The molecule has 2 aliphatic carbocycles. The van der Waals surface area contributed by atoms with Crippen LogP contribution in [0.1, 0.15) is 52.4 Å². The summed E-state index contributed by atoms with van der Waals surface area (Å²) in [5.74, 6) is 2.09.